The Morgan fingerprint density at radius 1 is 0.500 bits per heavy atom. The van der Waals surface area contributed by atoms with E-state index in [1.54, 1.807) is 62.3 Å². The molecule has 0 fully saturated rings. The van der Waals surface area contributed by atoms with Crippen molar-refractivity contribution in [2.45, 2.75) is 62.3 Å². The Morgan fingerprint density at radius 2 is 0.545 bits per heavy atom. The molecule has 0 bridgehead atoms. The van der Waals surface area contributed by atoms with Crippen LogP contribution in [0.3, 0.4) is 0 Å². The van der Waals surface area contributed by atoms with E-state index < -0.39 is 34.2 Å². The van der Waals surface area contributed by atoms with Gasteiger partial charge in [-0.1, -0.05) is 0 Å². The summed E-state index contributed by atoms with van der Waals surface area (Å²) in [5, 5.41) is 24.8. The molecule has 0 atom stereocenters. The van der Waals surface area contributed by atoms with E-state index in [2.05, 4.69) is 0 Å². The summed E-state index contributed by atoms with van der Waals surface area (Å²) in [7, 11) is 0. The Kier molecular flexibility index (Phi) is 15.1. The monoisotopic (exact) mass is 481 g/mol. The molecule has 141 valence electrons. The minimum absolute atomic E-state index is 0. The van der Waals surface area contributed by atoms with E-state index in [1.807, 2.05) is 0 Å². The third-order valence-corrected chi connectivity index (χ3v) is 1.92. The second kappa shape index (κ2) is 11.2. The first-order chi connectivity index (χ1) is 8.83. The van der Waals surface area contributed by atoms with E-state index >= 15 is 0 Å². The second-order valence-corrected chi connectivity index (χ2v) is 7.67. The largest absolute Gasteiger partial charge is 0.481 e. The van der Waals surface area contributed by atoms with E-state index in [0.717, 1.165) is 0 Å². The SMILES string of the molecule is CC(C)(C)C(=O)O.CC(C)(C)C(=O)O.CC(C)(C)C(=O)O.[Lu]. The average molecular weight is 481 g/mol. The topological polar surface area (TPSA) is 112 Å². The van der Waals surface area contributed by atoms with Gasteiger partial charge in [-0.05, 0) is 62.3 Å². The molecule has 0 amide bonds. The summed E-state index contributed by atoms with van der Waals surface area (Å²) in [5.41, 5.74) is -1.75. The van der Waals surface area contributed by atoms with Gasteiger partial charge in [0.2, 0.25) is 0 Å². The van der Waals surface area contributed by atoms with Gasteiger partial charge in [0.15, 0.2) is 0 Å². The second-order valence-electron chi connectivity index (χ2n) is 7.67. The van der Waals surface area contributed by atoms with E-state index in [0.29, 0.717) is 0 Å². The van der Waals surface area contributed by atoms with E-state index in [4.69, 9.17) is 15.3 Å². The molecule has 0 aromatic heterocycles. The zero-order chi connectivity index (χ0) is 18.2. The van der Waals surface area contributed by atoms with Crippen LogP contribution in [0.25, 0.3) is 0 Å². The molecule has 6 nitrogen and oxygen atoms in total. The van der Waals surface area contributed by atoms with E-state index in [-0.39, 0.29) is 36.9 Å². The van der Waals surface area contributed by atoms with Gasteiger partial charge < -0.3 is 15.3 Å². The Bertz CT molecular complexity index is 299. The van der Waals surface area contributed by atoms with Crippen LogP contribution in [0.5, 0.6) is 0 Å². The van der Waals surface area contributed by atoms with Crippen LogP contribution in [-0.4, -0.2) is 33.2 Å². The molecule has 0 aliphatic carbocycles. The molecule has 0 aliphatic rings. The molecule has 0 unspecified atom stereocenters. The maximum absolute atomic E-state index is 10.0. The predicted octanol–water partition coefficient (Wildman–Crippen LogP) is 3.35. The molecule has 1 radical (unpaired) electrons. The number of aliphatic carboxylic acids is 3. The van der Waals surface area contributed by atoms with Crippen molar-refractivity contribution in [2.75, 3.05) is 0 Å². The molecule has 0 saturated carbocycles. The summed E-state index contributed by atoms with van der Waals surface area (Å²) < 4.78 is 0. The van der Waals surface area contributed by atoms with Crippen LogP contribution in [0.1, 0.15) is 62.3 Å². The predicted molar refractivity (Wildman–Crippen MR) is 81.3 cm³/mol. The number of carbonyl (C=O) groups is 3. The number of rotatable bonds is 0. The van der Waals surface area contributed by atoms with Gasteiger partial charge >= 0.3 is 17.9 Å². The van der Waals surface area contributed by atoms with Crippen molar-refractivity contribution in [3.05, 3.63) is 0 Å². The fourth-order valence-corrected chi connectivity index (χ4v) is 0. The first-order valence-corrected chi connectivity index (χ1v) is 6.53. The summed E-state index contributed by atoms with van der Waals surface area (Å²) in [6.45, 7) is 15.0. The maximum Gasteiger partial charge on any atom is 0.308 e. The van der Waals surface area contributed by atoms with Crippen molar-refractivity contribution in [3.8, 4) is 0 Å². The molecule has 22 heavy (non-hydrogen) atoms. The van der Waals surface area contributed by atoms with Crippen molar-refractivity contribution in [3.63, 3.8) is 0 Å². The van der Waals surface area contributed by atoms with Crippen molar-refractivity contribution >= 4 is 17.9 Å². The normalized spacial score (nSPS) is 10.8. The Hall–Kier alpha value is -0.356. The minimum atomic E-state index is -0.757. The molecule has 0 rings (SSSR count). The number of carboxylic acids is 3. The smallest absolute Gasteiger partial charge is 0.308 e. The molecule has 0 aromatic carbocycles. The van der Waals surface area contributed by atoms with Crippen molar-refractivity contribution in [1.29, 1.82) is 0 Å². The quantitative estimate of drug-likeness (QED) is 0.489. The summed E-state index contributed by atoms with van der Waals surface area (Å²) in [6.07, 6.45) is 0. The van der Waals surface area contributed by atoms with E-state index in [9.17, 15) is 14.4 Å². The van der Waals surface area contributed by atoms with Crippen LogP contribution in [0.15, 0.2) is 0 Å². The zero-order valence-corrected chi connectivity index (χ0v) is 16.5. The number of hydrogen-bond acceptors (Lipinski definition) is 3. The zero-order valence-electron chi connectivity index (χ0n) is 14.8. The van der Waals surface area contributed by atoms with Crippen molar-refractivity contribution < 1.29 is 66.6 Å². The van der Waals surface area contributed by atoms with Gasteiger partial charge in [0.1, 0.15) is 0 Å². The van der Waals surface area contributed by atoms with Gasteiger partial charge in [-0.15, -0.1) is 0 Å². The van der Waals surface area contributed by atoms with Crippen LogP contribution in [-0.2, 0) is 14.4 Å². The fraction of sp³-hybridized carbons (Fsp3) is 0.800. The van der Waals surface area contributed by atoms with Gasteiger partial charge in [0.25, 0.3) is 0 Å². The first kappa shape index (κ1) is 29.6. The molecule has 0 aliphatic heterocycles. The standard InChI is InChI=1S/3C5H10O2.Lu/c3*1-5(2,3)4(6)7;/h3*1-3H3,(H,6,7);. The maximum atomic E-state index is 10.0. The van der Waals surface area contributed by atoms with E-state index in [1.165, 1.54) is 0 Å². The molecular weight excluding hydrogens is 451 g/mol. The number of hydrogen-bond donors (Lipinski definition) is 3. The molecule has 3 N–H and O–H groups in total. The van der Waals surface area contributed by atoms with Crippen LogP contribution < -0.4 is 0 Å². The minimum Gasteiger partial charge on any atom is -0.481 e. The van der Waals surface area contributed by atoms with Gasteiger partial charge in [0.05, 0.1) is 16.2 Å². The first-order valence-electron chi connectivity index (χ1n) is 6.53. The van der Waals surface area contributed by atoms with Gasteiger partial charge in [-0.2, -0.15) is 0 Å². The average Bonchev–Trinajstić information content (AvgIpc) is 2.14. The molecular formula is C15H30LuO6. The molecule has 0 heterocycles. The van der Waals surface area contributed by atoms with Crippen LogP contribution in [0.4, 0.5) is 0 Å². The third kappa shape index (κ3) is 21.9. The third-order valence-electron chi connectivity index (χ3n) is 1.92. The van der Waals surface area contributed by atoms with Gasteiger partial charge in [0, 0.05) is 36.9 Å². The summed E-state index contributed by atoms with van der Waals surface area (Å²) in [4.78, 5) is 30.1. The van der Waals surface area contributed by atoms with Crippen molar-refractivity contribution in [1.82, 2.24) is 0 Å². The molecule has 7 heteroatoms. The van der Waals surface area contributed by atoms with Gasteiger partial charge in [-0.3, -0.25) is 14.4 Å². The van der Waals surface area contributed by atoms with Crippen LogP contribution >= 0.6 is 0 Å². The van der Waals surface area contributed by atoms with Gasteiger partial charge in [-0.25, -0.2) is 0 Å². The number of carboxylic acid groups (broad SMARTS) is 3. The van der Waals surface area contributed by atoms with Crippen LogP contribution in [0.2, 0.25) is 0 Å². The Balaban J connectivity index is -0.000000108. The molecule has 0 spiro atoms. The molecule has 0 saturated heterocycles. The summed E-state index contributed by atoms with van der Waals surface area (Å²) >= 11 is 0. The summed E-state index contributed by atoms with van der Waals surface area (Å²) in [6, 6.07) is 0. The Morgan fingerprint density at radius 3 is 0.545 bits per heavy atom. The van der Waals surface area contributed by atoms with Crippen molar-refractivity contribution in [2.24, 2.45) is 16.2 Å². The van der Waals surface area contributed by atoms with Crippen LogP contribution in [0, 0.1) is 53.1 Å². The Labute approximate surface area is 162 Å². The fourth-order valence-electron chi connectivity index (χ4n) is 0. The molecule has 0 aromatic rings. The summed E-state index contributed by atoms with van der Waals surface area (Å²) in [5.74, 6) is -2.27.